The lowest BCUT2D eigenvalue weighted by molar-refractivity contribution is -0.131. The van der Waals surface area contributed by atoms with Crippen molar-refractivity contribution in [1.29, 1.82) is 0 Å². The van der Waals surface area contributed by atoms with Crippen LogP contribution in [0.25, 0.3) is 0 Å². The predicted molar refractivity (Wildman–Crippen MR) is 75.9 cm³/mol. The van der Waals surface area contributed by atoms with Crippen LogP contribution >= 0.6 is 0 Å². The van der Waals surface area contributed by atoms with Gasteiger partial charge in [-0.05, 0) is 44.0 Å². The van der Waals surface area contributed by atoms with E-state index in [0.717, 1.165) is 19.3 Å². The monoisotopic (exact) mass is 290 g/mol. The predicted octanol–water partition coefficient (Wildman–Crippen LogP) is 2.85. The van der Waals surface area contributed by atoms with E-state index < -0.39 is 18.2 Å². The van der Waals surface area contributed by atoms with Gasteiger partial charge >= 0.3 is 11.9 Å². The van der Waals surface area contributed by atoms with Gasteiger partial charge in [-0.1, -0.05) is 6.58 Å². The third kappa shape index (κ3) is 4.43. The molecule has 1 aliphatic heterocycles. The first-order chi connectivity index (χ1) is 10.1. The summed E-state index contributed by atoms with van der Waals surface area (Å²) in [5, 5.41) is 0. The average molecular weight is 290 g/mol. The molecule has 0 amide bonds. The van der Waals surface area contributed by atoms with Crippen molar-refractivity contribution in [1.82, 2.24) is 0 Å². The molecule has 0 N–H and O–H groups in total. The van der Waals surface area contributed by atoms with Crippen molar-refractivity contribution in [2.24, 2.45) is 0 Å². The average Bonchev–Trinajstić information content (AvgIpc) is 2.48. The number of carbonyl (C=O) groups is 2. The summed E-state index contributed by atoms with van der Waals surface area (Å²) < 4.78 is 15.6. The van der Waals surface area contributed by atoms with Crippen LogP contribution in [0.3, 0.4) is 0 Å². The number of benzene rings is 1. The molecule has 1 heterocycles. The van der Waals surface area contributed by atoms with Crippen LogP contribution in [0.5, 0.6) is 5.75 Å². The van der Waals surface area contributed by atoms with E-state index in [2.05, 4.69) is 6.58 Å². The number of rotatable bonds is 4. The summed E-state index contributed by atoms with van der Waals surface area (Å²) in [6, 6.07) is 6.18. The van der Waals surface area contributed by atoms with E-state index in [9.17, 15) is 9.59 Å². The van der Waals surface area contributed by atoms with Crippen molar-refractivity contribution in [2.45, 2.75) is 32.5 Å². The molecule has 0 aliphatic carbocycles. The fourth-order valence-electron chi connectivity index (χ4n) is 1.84. The van der Waals surface area contributed by atoms with Crippen LogP contribution in [-0.2, 0) is 14.3 Å². The normalized spacial score (nSPS) is 17.9. The fourth-order valence-corrected chi connectivity index (χ4v) is 1.84. The highest BCUT2D eigenvalue weighted by Crippen LogP contribution is 2.18. The minimum Gasteiger partial charge on any atom is -0.432 e. The van der Waals surface area contributed by atoms with Gasteiger partial charge < -0.3 is 14.2 Å². The van der Waals surface area contributed by atoms with Crippen molar-refractivity contribution < 1.29 is 23.8 Å². The smallest absolute Gasteiger partial charge is 0.340 e. The van der Waals surface area contributed by atoms with Crippen molar-refractivity contribution in [3.63, 3.8) is 0 Å². The van der Waals surface area contributed by atoms with E-state index in [1.807, 2.05) is 0 Å². The molecular weight excluding hydrogens is 272 g/mol. The number of hydrogen-bond acceptors (Lipinski definition) is 5. The Hall–Kier alpha value is -2.14. The molecule has 0 radical (unpaired) electrons. The van der Waals surface area contributed by atoms with Crippen molar-refractivity contribution >= 4 is 11.9 Å². The maximum Gasteiger partial charge on any atom is 0.340 e. The van der Waals surface area contributed by atoms with Gasteiger partial charge in [-0.2, -0.15) is 0 Å². The van der Waals surface area contributed by atoms with E-state index in [4.69, 9.17) is 14.2 Å². The highest BCUT2D eigenvalue weighted by atomic mass is 16.7. The minimum absolute atomic E-state index is 0.313. The van der Waals surface area contributed by atoms with E-state index in [-0.39, 0.29) is 0 Å². The molecule has 1 aliphatic rings. The molecule has 1 saturated heterocycles. The highest BCUT2D eigenvalue weighted by molar-refractivity contribution is 5.90. The summed E-state index contributed by atoms with van der Waals surface area (Å²) >= 11 is 0. The summed E-state index contributed by atoms with van der Waals surface area (Å²) in [6.07, 6.45) is 2.25. The number of carbonyl (C=O) groups excluding carboxylic acids is 2. The van der Waals surface area contributed by atoms with Crippen molar-refractivity contribution in [2.75, 3.05) is 6.61 Å². The highest BCUT2D eigenvalue weighted by Gasteiger charge is 2.19. The third-order valence-corrected chi connectivity index (χ3v) is 3.03. The summed E-state index contributed by atoms with van der Waals surface area (Å²) in [7, 11) is 0. The number of hydrogen-bond donors (Lipinski definition) is 0. The summed E-state index contributed by atoms with van der Waals surface area (Å²) in [5.41, 5.74) is 0.701. The maximum atomic E-state index is 11.9. The Balaban J connectivity index is 1.93. The number of esters is 2. The quantitative estimate of drug-likeness (QED) is 0.485. The van der Waals surface area contributed by atoms with Gasteiger partial charge in [-0.25, -0.2) is 9.59 Å². The van der Waals surface area contributed by atoms with Gasteiger partial charge in [0.15, 0.2) is 0 Å². The molecule has 5 heteroatoms. The summed E-state index contributed by atoms with van der Waals surface area (Å²) in [6.45, 7) is 5.69. The number of ether oxygens (including phenoxy) is 3. The Morgan fingerprint density at radius 2 is 1.95 bits per heavy atom. The second-order valence-corrected chi connectivity index (χ2v) is 4.90. The third-order valence-electron chi connectivity index (χ3n) is 3.03. The van der Waals surface area contributed by atoms with Gasteiger partial charge in [-0.15, -0.1) is 0 Å². The molecule has 112 valence electrons. The van der Waals surface area contributed by atoms with E-state index in [0.29, 0.717) is 23.5 Å². The van der Waals surface area contributed by atoms with Gasteiger partial charge in [0.1, 0.15) is 5.75 Å². The molecule has 1 aromatic rings. The largest absolute Gasteiger partial charge is 0.432 e. The Labute approximate surface area is 123 Å². The zero-order chi connectivity index (χ0) is 15.2. The summed E-state index contributed by atoms with van der Waals surface area (Å²) in [4.78, 5) is 23.3. The molecule has 1 atom stereocenters. The van der Waals surface area contributed by atoms with E-state index >= 15 is 0 Å². The molecule has 0 saturated carbocycles. The zero-order valence-corrected chi connectivity index (χ0v) is 12.0. The lowest BCUT2D eigenvalue weighted by Crippen LogP contribution is -2.25. The molecular formula is C16H18O5. The fraction of sp³-hybridized carbons (Fsp3) is 0.375. The molecule has 0 bridgehead atoms. The zero-order valence-electron chi connectivity index (χ0n) is 12.0. The van der Waals surface area contributed by atoms with Gasteiger partial charge in [0.05, 0.1) is 12.2 Å². The molecule has 1 unspecified atom stereocenters. The van der Waals surface area contributed by atoms with Gasteiger partial charge in [-0.3, -0.25) is 0 Å². The molecule has 0 spiro atoms. The molecule has 1 fully saturated rings. The molecule has 5 nitrogen and oxygen atoms in total. The van der Waals surface area contributed by atoms with Crippen LogP contribution in [0.4, 0.5) is 0 Å². The van der Waals surface area contributed by atoms with Crippen LogP contribution in [0.2, 0.25) is 0 Å². The second-order valence-electron chi connectivity index (χ2n) is 4.90. The topological polar surface area (TPSA) is 61.8 Å². The summed E-state index contributed by atoms with van der Waals surface area (Å²) in [5.74, 6) is -0.589. The first kappa shape index (κ1) is 15.3. The lowest BCUT2D eigenvalue weighted by atomic mass is 10.2. The van der Waals surface area contributed by atoms with Gasteiger partial charge in [0.25, 0.3) is 0 Å². The Morgan fingerprint density at radius 3 is 2.52 bits per heavy atom. The van der Waals surface area contributed by atoms with Crippen LogP contribution in [0.15, 0.2) is 36.4 Å². The maximum absolute atomic E-state index is 11.9. The van der Waals surface area contributed by atoms with Gasteiger partial charge in [0, 0.05) is 12.0 Å². The first-order valence-electron chi connectivity index (χ1n) is 6.86. The molecule has 1 aromatic carbocycles. The van der Waals surface area contributed by atoms with Crippen LogP contribution < -0.4 is 4.74 Å². The Bertz CT molecular complexity index is 526. The van der Waals surface area contributed by atoms with Crippen LogP contribution in [0.1, 0.15) is 36.5 Å². The minimum atomic E-state index is -0.499. The molecule has 0 aromatic heterocycles. The van der Waals surface area contributed by atoms with E-state index in [1.165, 1.54) is 0 Å². The Kier molecular flexibility index (Phi) is 5.11. The first-order valence-corrected chi connectivity index (χ1v) is 6.86. The van der Waals surface area contributed by atoms with Crippen molar-refractivity contribution in [3.8, 4) is 5.75 Å². The van der Waals surface area contributed by atoms with Crippen LogP contribution in [-0.4, -0.2) is 24.8 Å². The van der Waals surface area contributed by atoms with Gasteiger partial charge in [0.2, 0.25) is 6.29 Å². The molecule has 2 rings (SSSR count). The Morgan fingerprint density at radius 1 is 1.24 bits per heavy atom. The lowest BCUT2D eigenvalue weighted by Gasteiger charge is -2.22. The second kappa shape index (κ2) is 7.04. The SMILES string of the molecule is C=C(C)C(=O)Oc1ccc(C(=O)OC2CCCCO2)cc1. The van der Waals surface area contributed by atoms with Crippen molar-refractivity contribution in [3.05, 3.63) is 42.0 Å². The van der Waals surface area contributed by atoms with Crippen LogP contribution in [0, 0.1) is 0 Å². The molecule has 21 heavy (non-hydrogen) atoms. The van der Waals surface area contributed by atoms with E-state index in [1.54, 1.807) is 31.2 Å². The standard InChI is InChI=1S/C16H18O5/c1-11(2)15(17)20-13-8-6-12(7-9-13)16(18)21-14-5-3-4-10-19-14/h6-9,14H,1,3-5,10H2,2H3.